The van der Waals surface area contributed by atoms with Crippen molar-refractivity contribution >= 4 is 16.8 Å². The van der Waals surface area contributed by atoms with Gasteiger partial charge in [0.25, 0.3) is 0 Å². The molecule has 0 N–H and O–H groups in total. The monoisotopic (exact) mass is 391 g/mol. The van der Waals surface area contributed by atoms with Crippen LogP contribution < -0.4 is 0 Å². The first-order chi connectivity index (χ1) is 14.0. The molecule has 154 valence electrons. The van der Waals surface area contributed by atoms with Crippen LogP contribution in [-0.2, 0) is 4.79 Å². The molecule has 1 aromatic heterocycles. The molecule has 1 aromatic carbocycles. The third-order valence-electron chi connectivity index (χ3n) is 7.78. The van der Waals surface area contributed by atoms with Crippen LogP contribution in [0.2, 0.25) is 0 Å². The predicted octanol–water partition coefficient (Wildman–Crippen LogP) is 4.08. The molecule has 1 aliphatic carbocycles. The number of fused-ring (bicyclic) bond motifs is 3. The van der Waals surface area contributed by atoms with Crippen molar-refractivity contribution in [2.75, 3.05) is 33.2 Å². The molecule has 29 heavy (non-hydrogen) atoms. The van der Waals surface area contributed by atoms with Crippen molar-refractivity contribution in [3.8, 4) is 0 Å². The number of benzene rings is 1. The number of pyridine rings is 1. The number of hydrogen-bond donors (Lipinski definition) is 0. The summed E-state index contributed by atoms with van der Waals surface area (Å²) in [5.41, 5.74) is 3.69. The quantitative estimate of drug-likeness (QED) is 0.791. The molecule has 3 fully saturated rings. The highest BCUT2D eigenvalue weighted by Crippen LogP contribution is 2.47. The van der Waals surface area contributed by atoms with Gasteiger partial charge in [-0.15, -0.1) is 0 Å². The summed E-state index contributed by atoms with van der Waals surface area (Å²) in [5, 5.41) is 1.26. The summed E-state index contributed by atoms with van der Waals surface area (Å²) in [5.74, 6) is 3.44. The fourth-order valence-corrected chi connectivity index (χ4v) is 6.36. The maximum Gasteiger partial charge on any atom is 0.222 e. The van der Waals surface area contributed by atoms with Gasteiger partial charge in [0.15, 0.2) is 0 Å². The highest BCUT2D eigenvalue weighted by molar-refractivity contribution is 5.85. The van der Waals surface area contributed by atoms with Gasteiger partial charge in [0.2, 0.25) is 5.91 Å². The Bertz CT molecular complexity index is 913. The van der Waals surface area contributed by atoms with Gasteiger partial charge in [0.05, 0.1) is 5.52 Å². The Labute approximate surface area is 174 Å². The van der Waals surface area contributed by atoms with E-state index >= 15 is 0 Å². The largest absolute Gasteiger partial charge is 0.342 e. The SMILES string of the molecule is Cc1ccc([C@H]2C[C@@H](C)CN(C(=O)CC3C4CC3CN(C)C4)C2)c2cccnc12. The topological polar surface area (TPSA) is 36.4 Å². The lowest BCUT2D eigenvalue weighted by Gasteiger charge is -2.53. The Balaban J connectivity index is 1.34. The van der Waals surface area contributed by atoms with Crippen LogP contribution in [0, 0.1) is 30.6 Å². The number of carbonyl (C=O) groups excluding carboxylic acids is 1. The van der Waals surface area contributed by atoms with E-state index in [9.17, 15) is 4.79 Å². The molecule has 2 aromatic rings. The summed E-state index contributed by atoms with van der Waals surface area (Å²) in [6.45, 7) is 8.56. The van der Waals surface area contributed by atoms with Gasteiger partial charge in [-0.3, -0.25) is 9.78 Å². The average Bonchev–Trinajstić information content (AvgIpc) is 2.71. The molecule has 2 unspecified atom stereocenters. The van der Waals surface area contributed by atoms with Crippen LogP contribution in [-0.4, -0.2) is 53.9 Å². The van der Waals surface area contributed by atoms with Gasteiger partial charge in [-0.05, 0) is 67.7 Å². The Hall–Kier alpha value is -1.94. The van der Waals surface area contributed by atoms with Gasteiger partial charge < -0.3 is 9.80 Å². The molecule has 2 saturated heterocycles. The van der Waals surface area contributed by atoms with Crippen LogP contribution in [0.3, 0.4) is 0 Å². The normalized spacial score (nSPS) is 32.2. The Morgan fingerprint density at radius 1 is 1.10 bits per heavy atom. The number of carbonyl (C=O) groups is 1. The molecule has 5 rings (SSSR count). The molecule has 1 amide bonds. The van der Waals surface area contributed by atoms with E-state index in [-0.39, 0.29) is 0 Å². The first-order valence-electron chi connectivity index (χ1n) is 11.3. The second-order valence-corrected chi connectivity index (χ2v) is 10.1. The van der Waals surface area contributed by atoms with Crippen molar-refractivity contribution in [3.63, 3.8) is 0 Å². The fraction of sp³-hybridized carbons (Fsp3) is 0.600. The van der Waals surface area contributed by atoms with E-state index < -0.39 is 0 Å². The Morgan fingerprint density at radius 3 is 2.69 bits per heavy atom. The summed E-state index contributed by atoms with van der Waals surface area (Å²) < 4.78 is 0. The molecular weight excluding hydrogens is 358 g/mol. The highest BCUT2D eigenvalue weighted by atomic mass is 16.2. The zero-order valence-electron chi connectivity index (χ0n) is 18.0. The molecule has 0 radical (unpaired) electrons. The van der Waals surface area contributed by atoms with Gasteiger partial charge in [0.1, 0.15) is 0 Å². The number of piperidine rings is 3. The van der Waals surface area contributed by atoms with Crippen molar-refractivity contribution in [1.82, 2.24) is 14.8 Å². The van der Waals surface area contributed by atoms with Gasteiger partial charge in [0, 0.05) is 50.1 Å². The molecule has 0 spiro atoms. The zero-order valence-corrected chi connectivity index (χ0v) is 18.0. The Kier molecular flexibility index (Phi) is 4.85. The first kappa shape index (κ1) is 19.0. The lowest BCUT2D eigenvalue weighted by molar-refractivity contribution is -0.139. The third kappa shape index (κ3) is 3.46. The van der Waals surface area contributed by atoms with E-state index in [1.807, 2.05) is 12.3 Å². The molecule has 2 bridgehead atoms. The molecular formula is C25H33N3O. The van der Waals surface area contributed by atoms with E-state index in [1.54, 1.807) is 0 Å². The van der Waals surface area contributed by atoms with Gasteiger partial charge >= 0.3 is 0 Å². The smallest absolute Gasteiger partial charge is 0.222 e. The van der Waals surface area contributed by atoms with E-state index in [0.717, 1.165) is 43.3 Å². The zero-order chi connectivity index (χ0) is 20.1. The second-order valence-electron chi connectivity index (χ2n) is 10.1. The van der Waals surface area contributed by atoms with Gasteiger partial charge in [-0.1, -0.05) is 25.1 Å². The van der Waals surface area contributed by atoms with Crippen molar-refractivity contribution in [1.29, 1.82) is 0 Å². The second kappa shape index (κ2) is 7.39. The lowest BCUT2D eigenvalue weighted by atomic mass is 9.60. The van der Waals surface area contributed by atoms with Crippen LogP contribution in [0.15, 0.2) is 30.5 Å². The maximum absolute atomic E-state index is 13.3. The lowest BCUT2D eigenvalue weighted by Crippen LogP contribution is -2.55. The molecule has 4 nitrogen and oxygen atoms in total. The minimum atomic E-state index is 0.389. The van der Waals surface area contributed by atoms with E-state index in [1.165, 1.54) is 36.0 Å². The van der Waals surface area contributed by atoms with Gasteiger partial charge in [-0.2, -0.15) is 0 Å². The van der Waals surface area contributed by atoms with Crippen LogP contribution >= 0.6 is 0 Å². The van der Waals surface area contributed by atoms with Crippen molar-refractivity contribution < 1.29 is 4.79 Å². The first-order valence-corrected chi connectivity index (χ1v) is 11.3. The molecule has 2 aliphatic heterocycles. The van der Waals surface area contributed by atoms with Gasteiger partial charge in [-0.25, -0.2) is 0 Å². The van der Waals surface area contributed by atoms with Crippen molar-refractivity contribution in [2.45, 2.75) is 39.0 Å². The summed E-state index contributed by atoms with van der Waals surface area (Å²) in [7, 11) is 2.22. The number of rotatable bonds is 3. The van der Waals surface area contributed by atoms with Crippen LogP contribution in [0.1, 0.15) is 43.2 Å². The predicted molar refractivity (Wildman–Crippen MR) is 117 cm³/mol. The van der Waals surface area contributed by atoms with Crippen molar-refractivity contribution in [2.24, 2.45) is 23.7 Å². The minimum Gasteiger partial charge on any atom is -0.342 e. The van der Waals surface area contributed by atoms with Crippen LogP contribution in [0.25, 0.3) is 10.9 Å². The van der Waals surface area contributed by atoms with E-state index in [2.05, 4.69) is 53.9 Å². The highest BCUT2D eigenvalue weighted by Gasteiger charge is 2.46. The molecule has 1 saturated carbocycles. The average molecular weight is 392 g/mol. The molecule has 4 heteroatoms. The number of aromatic nitrogens is 1. The molecule has 3 heterocycles. The summed E-state index contributed by atoms with van der Waals surface area (Å²) in [6, 6.07) is 8.70. The number of aryl methyl sites for hydroxylation is 1. The summed E-state index contributed by atoms with van der Waals surface area (Å²) in [4.78, 5) is 22.5. The third-order valence-corrected chi connectivity index (χ3v) is 7.78. The van der Waals surface area contributed by atoms with Crippen molar-refractivity contribution in [3.05, 3.63) is 41.6 Å². The Morgan fingerprint density at radius 2 is 1.90 bits per heavy atom. The number of likely N-dealkylation sites (tertiary alicyclic amines) is 2. The number of hydrogen-bond acceptors (Lipinski definition) is 3. The van der Waals surface area contributed by atoms with Crippen LogP contribution in [0.4, 0.5) is 0 Å². The number of amides is 1. The summed E-state index contributed by atoms with van der Waals surface area (Å²) in [6.07, 6.45) is 5.13. The minimum absolute atomic E-state index is 0.389. The molecule has 3 aliphatic rings. The maximum atomic E-state index is 13.3. The number of nitrogens with zero attached hydrogens (tertiary/aromatic N) is 3. The van der Waals surface area contributed by atoms with E-state index in [0.29, 0.717) is 23.7 Å². The van der Waals surface area contributed by atoms with E-state index in [4.69, 9.17) is 0 Å². The fourth-order valence-electron chi connectivity index (χ4n) is 6.36. The molecule has 4 atom stereocenters. The summed E-state index contributed by atoms with van der Waals surface area (Å²) >= 11 is 0. The standard InChI is InChI=1S/C25H33N3O/c1-16-9-18(21-7-6-17(2)25-22(21)5-4-8-26-25)15-28(12-16)24(29)11-23-19-10-20(23)14-27(3)13-19/h4-8,16,18-20,23H,9-15H2,1-3H3/t16-,18+,19?,20?,23?/m1/s1. The van der Waals surface area contributed by atoms with Crippen LogP contribution in [0.5, 0.6) is 0 Å².